The van der Waals surface area contributed by atoms with Gasteiger partial charge in [-0.05, 0) is 35.9 Å². The number of aromatic carboxylic acids is 1. The normalized spacial score (nSPS) is 43.9. The van der Waals surface area contributed by atoms with Crippen LogP contribution < -0.4 is 10.1 Å². The molecule has 7 saturated heterocycles. The van der Waals surface area contributed by atoms with Gasteiger partial charge in [-0.1, -0.05) is 12.1 Å². The van der Waals surface area contributed by atoms with Crippen LogP contribution in [0.25, 0.3) is 0 Å². The van der Waals surface area contributed by atoms with Crippen LogP contribution in [-0.4, -0.2) is 363 Å². The molecule has 0 aliphatic carbocycles. The number of ether oxygens (including phenoxy) is 15. The molecule has 39 heteroatoms. The van der Waals surface area contributed by atoms with Crippen molar-refractivity contribution in [3.8, 4) is 11.5 Å². The predicted octanol–water partition coefficient (Wildman–Crippen LogP) is -10.9. The molecule has 0 aromatic heterocycles. The van der Waals surface area contributed by atoms with Gasteiger partial charge in [-0.2, -0.15) is 0 Å². The van der Waals surface area contributed by atoms with E-state index in [9.17, 15) is 117 Å². The molecular weight excluding hydrogens is 1280 g/mol. The van der Waals surface area contributed by atoms with Gasteiger partial charge in [0.1, 0.15) is 164 Å². The number of aliphatic hydroxyl groups is 19. The molecule has 7 heterocycles. The van der Waals surface area contributed by atoms with Crippen molar-refractivity contribution < 1.29 is 188 Å². The van der Waals surface area contributed by atoms with Gasteiger partial charge < -0.3 is 178 Å². The molecule has 2 aromatic carbocycles. The summed E-state index contributed by atoms with van der Waals surface area (Å²) in [5.41, 5.74) is -0.0535. The molecule has 0 bridgehead atoms. The van der Waals surface area contributed by atoms with E-state index in [4.69, 9.17) is 71.1 Å². The highest BCUT2D eigenvalue weighted by molar-refractivity contribution is 5.94. The summed E-state index contributed by atoms with van der Waals surface area (Å²) in [6, 6.07) is 8.97. The van der Waals surface area contributed by atoms with Gasteiger partial charge in [-0.15, -0.1) is 0 Å². The number of aliphatic hydroxyl groups excluding tert-OH is 19. The molecular formula is C55H79NO38. The number of hydrogen-bond donors (Lipinski definition) is 22. The van der Waals surface area contributed by atoms with Crippen molar-refractivity contribution >= 4 is 17.7 Å². The number of benzene rings is 2. The summed E-state index contributed by atoms with van der Waals surface area (Å²) >= 11 is 0. The van der Waals surface area contributed by atoms with Crippen molar-refractivity contribution in [1.29, 1.82) is 0 Å². The van der Waals surface area contributed by atoms with Crippen LogP contribution in [0.4, 0.5) is 10.5 Å². The topological polar surface area (TPSA) is 609 Å². The summed E-state index contributed by atoms with van der Waals surface area (Å²) in [6.07, 6.45) is -60.7. The van der Waals surface area contributed by atoms with E-state index < -0.39 is 273 Å². The van der Waals surface area contributed by atoms with Gasteiger partial charge in [0.2, 0.25) is 6.29 Å². The van der Waals surface area contributed by atoms with Crippen molar-refractivity contribution in [3.63, 3.8) is 0 Å². The third-order valence-corrected chi connectivity index (χ3v) is 16.6. The summed E-state index contributed by atoms with van der Waals surface area (Å²) in [5, 5.41) is 228. The number of carboxylic acids is 1. The first-order valence-corrected chi connectivity index (χ1v) is 29.5. The lowest BCUT2D eigenvalue weighted by molar-refractivity contribution is -0.389. The Hall–Kier alpha value is -4.50. The van der Waals surface area contributed by atoms with Crippen LogP contribution >= 0.6 is 0 Å². The van der Waals surface area contributed by atoms with Crippen molar-refractivity contribution in [2.75, 3.05) is 58.2 Å². The maximum absolute atomic E-state index is 12.5. The van der Waals surface area contributed by atoms with Gasteiger partial charge in [0.15, 0.2) is 37.7 Å². The number of aromatic hydroxyl groups is 1. The summed E-state index contributed by atoms with van der Waals surface area (Å²) in [7, 11) is 0. The molecule has 0 saturated carbocycles. The largest absolute Gasteiger partial charge is 0.507 e. The minimum atomic E-state index is -2.35. The number of nitrogens with one attached hydrogen (secondary N) is 1. The first kappa shape index (κ1) is 73.7. The number of amides is 1. The van der Waals surface area contributed by atoms with Crippen LogP contribution in [-0.2, 0) is 72.9 Å². The molecule has 7 aliphatic rings. The third kappa shape index (κ3) is 17.0. The van der Waals surface area contributed by atoms with E-state index in [-0.39, 0.29) is 18.0 Å². The zero-order valence-electron chi connectivity index (χ0n) is 49.2. The Balaban J connectivity index is 0.894. The highest BCUT2D eigenvalue weighted by Crippen LogP contribution is 2.37. The summed E-state index contributed by atoms with van der Waals surface area (Å²) in [4.78, 5) is 23.8. The maximum Gasteiger partial charge on any atom is 0.411 e. The Morgan fingerprint density at radius 2 is 0.851 bits per heavy atom. The first-order valence-electron chi connectivity index (χ1n) is 29.5. The second-order valence-corrected chi connectivity index (χ2v) is 23.2. The van der Waals surface area contributed by atoms with Gasteiger partial charge in [0, 0.05) is 11.6 Å². The van der Waals surface area contributed by atoms with E-state index in [1.54, 1.807) is 0 Å². The lowest BCUT2D eigenvalue weighted by Crippen LogP contribution is -2.67. The molecule has 32 atom stereocenters. The van der Waals surface area contributed by atoms with Crippen molar-refractivity contribution in [3.05, 3.63) is 53.6 Å². The SMILES string of the molecule is O=C(Nc1ccc(O)c(C(=O)O)c1)OCc1ccc(O[C@@H]2OCC(CO)C(O[C@@H]3OC(CO[C@H]4OC[C@@H](O)C(O)C4O)[C@@H](O[C@@H]4OC(CO[C@H]5OC[C@@H](O)C(O)C5O)C(O[C@@H]5OC(CO[C@H]6OC[C@@H](O)C(O)C6O)[C@@H](O)C(O)C5O)[C@H](O)C4O)C(O)C3O)C(O)C2O)cc1. The van der Waals surface area contributed by atoms with E-state index >= 15 is 0 Å². The van der Waals surface area contributed by atoms with Crippen LogP contribution in [0.15, 0.2) is 42.5 Å². The van der Waals surface area contributed by atoms with Crippen molar-refractivity contribution in [2.24, 2.45) is 5.92 Å². The van der Waals surface area contributed by atoms with Crippen LogP contribution in [0.2, 0.25) is 0 Å². The fraction of sp³-hybridized carbons (Fsp3) is 0.745. The van der Waals surface area contributed by atoms with Crippen molar-refractivity contribution in [1.82, 2.24) is 0 Å². The molecule has 2 aromatic rings. The smallest absolute Gasteiger partial charge is 0.411 e. The average Bonchev–Trinajstić information content (AvgIpc) is 0.850. The van der Waals surface area contributed by atoms with Gasteiger partial charge in [-0.3, -0.25) is 5.32 Å². The number of phenols is 1. The summed E-state index contributed by atoms with van der Waals surface area (Å²) in [5.74, 6) is -3.22. The molecule has 9 rings (SSSR count). The number of carboxylic acid groups (broad SMARTS) is 1. The van der Waals surface area contributed by atoms with Gasteiger partial charge in [-0.25, -0.2) is 9.59 Å². The van der Waals surface area contributed by atoms with E-state index in [1.165, 1.54) is 30.3 Å². The average molecular weight is 1360 g/mol. The fourth-order valence-corrected chi connectivity index (χ4v) is 11.0. The zero-order chi connectivity index (χ0) is 68.1. The number of carbonyl (C=O) groups is 2. The van der Waals surface area contributed by atoms with E-state index in [2.05, 4.69) is 5.32 Å². The Morgan fingerprint density at radius 1 is 0.447 bits per heavy atom. The maximum atomic E-state index is 12.5. The molecule has 22 N–H and O–H groups in total. The second kappa shape index (κ2) is 32.5. The van der Waals surface area contributed by atoms with E-state index in [0.29, 0.717) is 5.56 Å². The Morgan fingerprint density at radius 3 is 1.32 bits per heavy atom. The van der Waals surface area contributed by atoms with Gasteiger partial charge in [0.05, 0.1) is 59.0 Å². The number of rotatable bonds is 22. The molecule has 0 radical (unpaired) electrons. The fourth-order valence-electron chi connectivity index (χ4n) is 11.0. The Bertz CT molecular complexity index is 2730. The minimum absolute atomic E-state index is 0.0121. The van der Waals surface area contributed by atoms with E-state index in [0.717, 1.165) is 12.1 Å². The number of anilines is 1. The molecule has 1 amide bonds. The minimum Gasteiger partial charge on any atom is -0.507 e. The molecule has 19 unspecified atom stereocenters. The molecule has 7 aliphatic heterocycles. The first-order chi connectivity index (χ1) is 44.6. The predicted molar refractivity (Wildman–Crippen MR) is 292 cm³/mol. The van der Waals surface area contributed by atoms with Crippen LogP contribution in [0.5, 0.6) is 11.5 Å². The number of carbonyl (C=O) groups excluding carboxylic acids is 1. The van der Waals surface area contributed by atoms with E-state index in [1.807, 2.05) is 0 Å². The Labute approximate surface area is 530 Å². The third-order valence-electron chi connectivity index (χ3n) is 16.6. The van der Waals surface area contributed by atoms with Gasteiger partial charge in [0.25, 0.3) is 0 Å². The highest BCUT2D eigenvalue weighted by Gasteiger charge is 2.56. The molecule has 39 nitrogen and oxygen atoms in total. The van der Waals surface area contributed by atoms with Crippen LogP contribution in [0.3, 0.4) is 0 Å². The Kier molecular flexibility index (Phi) is 25.5. The number of hydrogen-bond acceptors (Lipinski definition) is 37. The van der Waals surface area contributed by atoms with Crippen LogP contribution in [0.1, 0.15) is 15.9 Å². The molecule has 0 spiro atoms. The lowest BCUT2D eigenvalue weighted by atomic mass is 9.95. The second-order valence-electron chi connectivity index (χ2n) is 23.2. The summed E-state index contributed by atoms with van der Waals surface area (Å²) < 4.78 is 85.5. The van der Waals surface area contributed by atoms with Gasteiger partial charge >= 0.3 is 12.1 Å². The molecule has 532 valence electrons. The standard InChI is InChI=1S/C55H79NO38/c57-8-18-10-80-51(88-20-4-1-17(2-5-20)9-87-55(79)56-19-3-6-22(58)21(7-19)47(77)78)41(74)34(67)44(18)92-53-42(75)35(68)46(27(90-53)15-85-49-38(71)30(63)24(60)12-82-49)94-54-43(76)36(69)45(28(91-54)16-86-50-39(72)31(64)25(61)13-83-50)93-52-40(73)33(66)32(65)26(89-52)14-84-48-37(70)29(62)23(59)11-81-48/h1-7,18,23-46,48-54,57-76H,8-16H2,(H,56,79)(H,77,78)/t18?,23-,24-,25-,26?,27?,28?,29?,30?,31?,32-,33?,34?,35?,36-,37?,38?,39?,40?,41?,42?,43?,44?,45?,46-,48-,49-,50-,51+,52+,53+,54+/m1/s1. The van der Waals surface area contributed by atoms with Crippen molar-refractivity contribution in [2.45, 2.75) is 197 Å². The molecule has 7 fully saturated rings. The highest BCUT2D eigenvalue weighted by atomic mass is 16.8. The zero-order valence-corrected chi connectivity index (χ0v) is 49.2. The summed E-state index contributed by atoms with van der Waals surface area (Å²) in [6.45, 7) is -5.89. The molecule has 94 heavy (non-hydrogen) atoms. The monoisotopic (exact) mass is 1360 g/mol. The lowest BCUT2D eigenvalue weighted by Gasteiger charge is -2.49. The quantitative estimate of drug-likeness (QED) is 0.0487. The van der Waals surface area contributed by atoms with Crippen LogP contribution in [0, 0.1) is 5.92 Å².